The number of anilines is 2. The van der Waals surface area contributed by atoms with E-state index >= 15 is 0 Å². The van der Waals surface area contributed by atoms with E-state index in [-0.39, 0.29) is 6.03 Å². The molecule has 2 amide bonds. The summed E-state index contributed by atoms with van der Waals surface area (Å²) < 4.78 is 0. The molecule has 4 heteroatoms. The zero-order chi connectivity index (χ0) is 11.4. The van der Waals surface area contributed by atoms with E-state index in [0.717, 1.165) is 25.1 Å². The minimum atomic E-state index is -0.147. The van der Waals surface area contributed by atoms with Crippen molar-refractivity contribution in [1.29, 1.82) is 0 Å². The number of rotatable bonds is 2. The summed E-state index contributed by atoms with van der Waals surface area (Å²) in [7, 11) is 0. The second kappa shape index (κ2) is 4.88. The van der Waals surface area contributed by atoms with Crippen LogP contribution in [-0.4, -0.2) is 19.1 Å². The van der Waals surface area contributed by atoms with E-state index in [1.165, 1.54) is 11.3 Å². The highest BCUT2D eigenvalue weighted by Crippen LogP contribution is 2.24. The maximum Gasteiger partial charge on any atom is 0.319 e. The predicted octanol–water partition coefficient (Wildman–Crippen LogP) is 2.19. The molecule has 0 aliphatic carbocycles. The standard InChI is InChI=1S/C12H17N3O/c1-2-13-12(16)15-10-5-6-11-9(8-10)4-3-7-14-11/h5-6,8,14H,2-4,7H2,1H3,(H2,13,15,16). The van der Waals surface area contributed by atoms with Gasteiger partial charge in [-0.05, 0) is 43.5 Å². The Morgan fingerprint density at radius 3 is 3.19 bits per heavy atom. The van der Waals surface area contributed by atoms with E-state index in [2.05, 4.69) is 16.0 Å². The Bertz CT molecular complexity index is 390. The molecule has 1 aromatic rings. The maximum atomic E-state index is 11.3. The van der Waals surface area contributed by atoms with Crippen molar-refractivity contribution in [3.8, 4) is 0 Å². The Morgan fingerprint density at radius 2 is 2.38 bits per heavy atom. The lowest BCUT2D eigenvalue weighted by Crippen LogP contribution is -2.28. The minimum Gasteiger partial charge on any atom is -0.385 e. The molecule has 4 nitrogen and oxygen atoms in total. The number of amides is 2. The van der Waals surface area contributed by atoms with Crippen LogP contribution in [0.3, 0.4) is 0 Å². The molecule has 1 aliphatic rings. The fourth-order valence-corrected chi connectivity index (χ4v) is 1.89. The number of hydrogen-bond donors (Lipinski definition) is 3. The normalized spacial score (nSPS) is 13.6. The van der Waals surface area contributed by atoms with Crippen molar-refractivity contribution in [2.45, 2.75) is 19.8 Å². The van der Waals surface area contributed by atoms with Gasteiger partial charge in [0.1, 0.15) is 0 Å². The van der Waals surface area contributed by atoms with Gasteiger partial charge in [-0.3, -0.25) is 0 Å². The first kappa shape index (κ1) is 10.8. The third-order valence-corrected chi connectivity index (χ3v) is 2.64. The van der Waals surface area contributed by atoms with Gasteiger partial charge in [-0.2, -0.15) is 0 Å². The van der Waals surface area contributed by atoms with Gasteiger partial charge >= 0.3 is 6.03 Å². The van der Waals surface area contributed by atoms with Gasteiger partial charge in [-0.15, -0.1) is 0 Å². The van der Waals surface area contributed by atoms with Gasteiger partial charge < -0.3 is 16.0 Å². The van der Waals surface area contributed by atoms with Crippen LogP contribution < -0.4 is 16.0 Å². The van der Waals surface area contributed by atoms with E-state index in [0.29, 0.717) is 6.54 Å². The van der Waals surface area contributed by atoms with Crippen molar-refractivity contribution in [3.63, 3.8) is 0 Å². The van der Waals surface area contributed by atoms with Crippen molar-refractivity contribution in [3.05, 3.63) is 23.8 Å². The molecule has 0 radical (unpaired) electrons. The summed E-state index contributed by atoms with van der Waals surface area (Å²) >= 11 is 0. The maximum absolute atomic E-state index is 11.3. The van der Waals surface area contributed by atoms with Crippen LogP contribution in [-0.2, 0) is 6.42 Å². The van der Waals surface area contributed by atoms with Crippen LogP contribution in [0.15, 0.2) is 18.2 Å². The number of carbonyl (C=O) groups excluding carboxylic acids is 1. The second-order valence-electron chi connectivity index (χ2n) is 3.89. The van der Waals surface area contributed by atoms with Crippen LogP contribution in [0.2, 0.25) is 0 Å². The van der Waals surface area contributed by atoms with Gasteiger partial charge in [0.25, 0.3) is 0 Å². The zero-order valence-electron chi connectivity index (χ0n) is 9.47. The first-order valence-electron chi connectivity index (χ1n) is 5.71. The number of nitrogens with one attached hydrogen (secondary N) is 3. The molecular formula is C12H17N3O. The lowest BCUT2D eigenvalue weighted by atomic mass is 10.0. The quantitative estimate of drug-likeness (QED) is 0.714. The molecule has 16 heavy (non-hydrogen) atoms. The summed E-state index contributed by atoms with van der Waals surface area (Å²) in [6.45, 7) is 3.57. The summed E-state index contributed by atoms with van der Waals surface area (Å²) in [4.78, 5) is 11.3. The largest absolute Gasteiger partial charge is 0.385 e. The lowest BCUT2D eigenvalue weighted by Gasteiger charge is -2.18. The van der Waals surface area contributed by atoms with E-state index < -0.39 is 0 Å². The summed E-state index contributed by atoms with van der Waals surface area (Å²) in [6, 6.07) is 5.84. The molecule has 0 fully saturated rings. The molecular weight excluding hydrogens is 202 g/mol. The topological polar surface area (TPSA) is 53.2 Å². The molecule has 0 aromatic heterocycles. The molecule has 1 aliphatic heterocycles. The fraction of sp³-hybridized carbons (Fsp3) is 0.417. The van der Waals surface area contributed by atoms with Crippen LogP contribution >= 0.6 is 0 Å². The Kier molecular flexibility index (Phi) is 3.29. The van der Waals surface area contributed by atoms with Crippen LogP contribution in [0.5, 0.6) is 0 Å². The Morgan fingerprint density at radius 1 is 1.50 bits per heavy atom. The van der Waals surface area contributed by atoms with Crippen molar-refractivity contribution < 1.29 is 4.79 Å². The van der Waals surface area contributed by atoms with Gasteiger partial charge in [-0.25, -0.2) is 4.79 Å². The van der Waals surface area contributed by atoms with Crippen LogP contribution in [0.1, 0.15) is 18.9 Å². The number of fused-ring (bicyclic) bond motifs is 1. The molecule has 2 rings (SSSR count). The average molecular weight is 219 g/mol. The van der Waals surface area contributed by atoms with Gasteiger partial charge in [0, 0.05) is 24.5 Å². The molecule has 0 unspecified atom stereocenters. The highest BCUT2D eigenvalue weighted by molar-refractivity contribution is 5.89. The average Bonchev–Trinajstić information content (AvgIpc) is 2.29. The van der Waals surface area contributed by atoms with E-state index in [1.54, 1.807) is 0 Å². The molecule has 0 spiro atoms. The minimum absolute atomic E-state index is 0.147. The highest BCUT2D eigenvalue weighted by Gasteiger charge is 2.09. The van der Waals surface area contributed by atoms with E-state index in [9.17, 15) is 4.79 Å². The number of aryl methyl sites for hydroxylation is 1. The Labute approximate surface area is 95.4 Å². The molecule has 0 atom stereocenters. The summed E-state index contributed by atoms with van der Waals surface area (Å²) in [6.07, 6.45) is 2.23. The van der Waals surface area contributed by atoms with Crippen molar-refractivity contribution in [2.24, 2.45) is 0 Å². The lowest BCUT2D eigenvalue weighted by molar-refractivity contribution is 0.252. The second-order valence-corrected chi connectivity index (χ2v) is 3.89. The molecule has 0 saturated carbocycles. The van der Waals surface area contributed by atoms with Gasteiger partial charge in [-0.1, -0.05) is 0 Å². The van der Waals surface area contributed by atoms with E-state index in [4.69, 9.17) is 0 Å². The first-order valence-corrected chi connectivity index (χ1v) is 5.71. The SMILES string of the molecule is CCNC(=O)Nc1ccc2c(c1)CCCN2. The molecule has 0 saturated heterocycles. The third kappa shape index (κ3) is 2.45. The summed E-state index contributed by atoms with van der Waals surface area (Å²) in [5.74, 6) is 0. The molecule has 86 valence electrons. The smallest absolute Gasteiger partial charge is 0.319 e. The fourth-order valence-electron chi connectivity index (χ4n) is 1.89. The monoisotopic (exact) mass is 219 g/mol. The van der Waals surface area contributed by atoms with Gasteiger partial charge in [0.05, 0.1) is 0 Å². The first-order chi connectivity index (χ1) is 7.79. The zero-order valence-corrected chi connectivity index (χ0v) is 9.47. The van der Waals surface area contributed by atoms with Crippen molar-refractivity contribution in [1.82, 2.24) is 5.32 Å². The Hall–Kier alpha value is -1.71. The Balaban J connectivity index is 2.08. The van der Waals surface area contributed by atoms with Crippen LogP contribution in [0.4, 0.5) is 16.2 Å². The van der Waals surface area contributed by atoms with Gasteiger partial charge in [0.15, 0.2) is 0 Å². The van der Waals surface area contributed by atoms with E-state index in [1.807, 2.05) is 25.1 Å². The molecule has 1 aromatic carbocycles. The molecule has 0 bridgehead atoms. The van der Waals surface area contributed by atoms with Crippen molar-refractivity contribution in [2.75, 3.05) is 23.7 Å². The molecule has 1 heterocycles. The van der Waals surface area contributed by atoms with Gasteiger partial charge in [0.2, 0.25) is 0 Å². The summed E-state index contributed by atoms with van der Waals surface area (Å²) in [5, 5.41) is 8.86. The number of hydrogen-bond acceptors (Lipinski definition) is 2. The van der Waals surface area contributed by atoms with Crippen molar-refractivity contribution >= 4 is 17.4 Å². The number of carbonyl (C=O) groups is 1. The predicted molar refractivity (Wildman–Crippen MR) is 65.9 cm³/mol. The number of urea groups is 1. The van der Waals surface area contributed by atoms with Crippen LogP contribution in [0.25, 0.3) is 0 Å². The molecule has 3 N–H and O–H groups in total. The van der Waals surface area contributed by atoms with Crippen LogP contribution in [0, 0.1) is 0 Å². The third-order valence-electron chi connectivity index (χ3n) is 2.64. The number of benzene rings is 1. The summed E-state index contributed by atoms with van der Waals surface area (Å²) in [5.41, 5.74) is 3.32. The highest BCUT2D eigenvalue weighted by atomic mass is 16.2.